The lowest BCUT2D eigenvalue weighted by molar-refractivity contribution is -0.122. The van der Waals surface area contributed by atoms with Gasteiger partial charge in [0.25, 0.3) is 11.8 Å². The smallest absolute Gasteiger partial charge is 0.270 e. The van der Waals surface area contributed by atoms with E-state index < -0.39 is 11.8 Å². The van der Waals surface area contributed by atoms with Gasteiger partial charge in [0.05, 0.1) is 19.9 Å². The summed E-state index contributed by atoms with van der Waals surface area (Å²) in [5.74, 6) is 0.211. The third-order valence-corrected chi connectivity index (χ3v) is 4.51. The van der Waals surface area contributed by atoms with Crippen LogP contribution in [0.15, 0.2) is 48.0 Å². The zero-order chi connectivity index (χ0) is 21.7. The lowest BCUT2D eigenvalue weighted by Crippen LogP contribution is -2.54. The van der Waals surface area contributed by atoms with Crippen molar-refractivity contribution in [3.8, 4) is 23.3 Å². The Hall–Kier alpha value is -3.90. The minimum atomic E-state index is -0.599. The Kier molecular flexibility index (Phi) is 6.29. The first-order chi connectivity index (χ1) is 14.5. The van der Waals surface area contributed by atoms with Crippen LogP contribution in [0.4, 0.5) is 5.69 Å². The van der Waals surface area contributed by atoms with E-state index in [9.17, 15) is 9.59 Å². The molecular weight excluding hydrogens is 406 g/mol. The van der Waals surface area contributed by atoms with Crippen LogP contribution in [-0.4, -0.2) is 37.8 Å². The molecule has 2 aromatic carbocycles. The molecule has 0 spiro atoms. The van der Waals surface area contributed by atoms with Crippen molar-refractivity contribution in [3.63, 3.8) is 0 Å². The lowest BCUT2D eigenvalue weighted by atomic mass is 10.1. The van der Waals surface area contributed by atoms with Gasteiger partial charge in [-0.25, -0.2) is 0 Å². The fourth-order valence-corrected chi connectivity index (χ4v) is 3.07. The minimum absolute atomic E-state index is 0.00912. The number of hydrogen-bond acceptors (Lipinski definition) is 7. The SMILES string of the molecule is COc1ccc(N2C(=O)C(=Cc3ccc(OCC#N)c(OC)c3)C(=O)NC2=S)cc1. The Morgan fingerprint density at radius 3 is 2.47 bits per heavy atom. The van der Waals surface area contributed by atoms with Gasteiger partial charge in [0.1, 0.15) is 17.4 Å². The maximum Gasteiger partial charge on any atom is 0.270 e. The summed E-state index contributed by atoms with van der Waals surface area (Å²) in [6.07, 6.45) is 1.44. The van der Waals surface area contributed by atoms with Crippen LogP contribution in [0, 0.1) is 11.3 Å². The van der Waals surface area contributed by atoms with Crippen molar-refractivity contribution in [1.29, 1.82) is 5.26 Å². The van der Waals surface area contributed by atoms with E-state index in [0.717, 1.165) is 0 Å². The van der Waals surface area contributed by atoms with E-state index in [1.165, 1.54) is 25.2 Å². The second-order valence-corrected chi connectivity index (χ2v) is 6.40. The summed E-state index contributed by atoms with van der Waals surface area (Å²) in [6.45, 7) is -0.133. The van der Waals surface area contributed by atoms with Crippen LogP contribution in [0.3, 0.4) is 0 Å². The van der Waals surface area contributed by atoms with Crippen molar-refractivity contribution in [3.05, 3.63) is 53.6 Å². The number of benzene rings is 2. The maximum atomic E-state index is 13.1. The molecule has 2 amide bonds. The monoisotopic (exact) mass is 423 g/mol. The summed E-state index contributed by atoms with van der Waals surface area (Å²) >= 11 is 5.19. The van der Waals surface area contributed by atoms with E-state index in [4.69, 9.17) is 31.7 Å². The van der Waals surface area contributed by atoms with Crippen LogP contribution in [0.1, 0.15) is 5.56 Å². The number of methoxy groups -OCH3 is 2. The quantitative estimate of drug-likeness (QED) is 0.433. The summed E-state index contributed by atoms with van der Waals surface area (Å²) in [5.41, 5.74) is 0.943. The summed E-state index contributed by atoms with van der Waals surface area (Å²) in [7, 11) is 2.99. The molecule has 9 heteroatoms. The highest BCUT2D eigenvalue weighted by Gasteiger charge is 2.34. The number of anilines is 1. The molecule has 30 heavy (non-hydrogen) atoms. The molecule has 152 valence electrons. The zero-order valence-corrected chi connectivity index (χ0v) is 17.0. The number of rotatable bonds is 6. The maximum absolute atomic E-state index is 13.1. The lowest BCUT2D eigenvalue weighted by Gasteiger charge is -2.29. The Morgan fingerprint density at radius 1 is 1.10 bits per heavy atom. The number of ether oxygens (including phenoxy) is 3. The Balaban J connectivity index is 1.95. The molecular formula is C21H17N3O5S. The molecule has 3 rings (SSSR count). The first kappa shape index (κ1) is 20.8. The topological polar surface area (TPSA) is 101 Å². The number of carbonyl (C=O) groups is 2. The van der Waals surface area contributed by atoms with Crippen LogP contribution in [0.2, 0.25) is 0 Å². The van der Waals surface area contributed by atoms with Gasteiger partial charge in [-0.3, -0.25) is 19.8 Å². The molecule has 0 aliphatic carbocycles. The second kappa shape index (κ2) is 9.07. The average Bonchev–Trinajstić information content (AvgIpc) is 2.75. The number of thiocarbonyl (C=S) groups is 1. The van der Waals surface area contributed by atoms with Crippen molar-refractivity contribution in [2.24, 2.45) is 0 Å². The highest BCUT2D eigenvalue weighted by molar-refractivity contribution is 7.80. The highest BCUT2D eigenvalue weighted by Crippen LogP contribution is 2.30. The van der Waals surface area contributed by atoms with Crippen LogP contribution in [0.5, 0.6) is 17.2 Å². The van der Waals surface area contributed by atoms with Crippen LogP contribution < -0.4 is 24.4 Å². The molecule has 0 radical (unpaired) electrons. The molecule has 8 nitrogen and oxygen atoms in total. The van der Waals surface area contributed by atoms with Gasteiger partial charge >= 0.3 is 0 Å². The molecule has 0 aromatic heterocycles. The van der Waals surface area contributed by atoms with Gasteiger partial charge in [-0.1, -0.05) is 6.07 Å². The largest absolute Gasteiger partial charge is 0.497 e. The van der Waals surface area contributed by atoms with Crippen LogP contribution in [-0.2, 0) is 9.59 Å². The van der Waals surface area contributed by atoms with Crippen molar-refractivity contribution < 1.29 is 23.8 Å². The molecule has 0 saturated carbocycles. The van der Waals surface area contributed by atoms with E-state index in [-0.39, 0.29) is 17.3 Å². The standard InChI is InChI=1S/C21H17N3O5S/c1-27-15-6-4-14(5-7-15)24-20(26)16(19(25)23-21(24)30)11-13-3-8-17(29-10-9-22)18(12-13)28-2/h3-8,11-12H,10H2,1-2H3,(H,23,25,30). The summed E-state index contributed by atoms with van der Waals surface area (Å²) in [4.78, 5) is 26.7. The van der Waals surface area contributed by atoms with Gasteiger partial charge in [0, 0.05) is 0 Å². The van der Waals surface area contributed by atoms with E-state index >= 15 is 0 Å². The second-order valence-electron chi connectivity index (χ2n) is 6.01. The number of nitrogens with one attached hydrogen (secondary N) is 1. The van der Waals surface area contributed by atoms with Crippen molar-refractivity contribution in [2.75, 3.05) is 25.7 Å². The summed E-state index contributed by atoms with van der Waals surface area (Å²) < 4.78 is 15.7. The van der Waals surface area contributed by atoms with E-state index in [1.54, 1.807) is 42.5 Å². The molecule has 2 aromatic rings. The normalized spacial score (nSPS) is 14.9. The predicted molar refractivity (Wildman–Crippen MR) is 113 cm³/mol. The van der Waals surface area contributed by atoms with Crippen LogP contribution >= 0.6 is 12.2 Å². The number of hydrogen-bond donors (Lipinski definition) is 1. The average molecular weight is 423 g/mol. The summed E-state index contributed by atoms with van der Waals surface area (Å²) in [5, 5.41) is 11.2. The van der Waals surface area contributed by atoms with Crippen molar-refractivity contribution in [1.82, 2.24) is 5.32 Å². The third kappa shape index (κ3) is 4.24. The van der Waals surface area contributed by atoms with Gasteiger partial charge in [-0.05, 0) is 60.3 Å². The molecule has 1 aliphatic heterocycles. The number of nitrogens with zero attached hydrogens (tertiary/aromatic N) is 2. The first-order valence-electron chi connectivity index (χ1n) is 8.71. The highest BCUT2D eigenvalue weighted by atomic mass is 32.1. The van der Waals surface area contributed by atoms with Gasteiger partial charge < -0.3 is 14.2 Å². The molecule has 1 heterocycles. The van der Waals surface area contributed by atoms with Gasteiger partial charge in [0.15, 0.2) is 23.2 Å². The Bertz CT molecular complexity index is 1070. The minimum Gasteiger partial charge on any atom is -0.497 e. The number of carbonyl (C=O) groups excluding carboxylic acids is 2. The van der Waals surface area contributed by atoms with Crippen molar-refractivity contribution in [2.45, 2.75) is 0 Å². The van der Waals surface area contributed by atoms with Gasteiger partial charge in [-0.15, -0.1) is 0 Å². The number of nitriles is 1. The predicted octanol–water partition coefficient (Wildman–Crippen LogP) is 2.44. The first-order valence-corrected chi connectivity index (χ1v) is 9.12. The summed E-state index contributed by atoms with van der Waals surface area (Å²) in [6, 6.07) is 13.4. The molecule has 1 fully saturated rings. The molecule has 1 aliphatic rings. The number of amides is 2. The van der Waals surface area contributed by atoms with Crippen molar-refractivity contribution >= 4 is 40.9 Å². The molecule has 0 unspecified atom stereocenters. The van der Waals surface area contributed by atoms with E-state index in [0.29, 0.717) is 28.5 Å². The van der Waals surface area contributed by atoms with E-state index in [2.05, 4.69) is 5.32 Å². The molecule has 1 saturated heterocycles. The fourth-order valence-electron chi connectivity index (χ4n) is 2.79. The van der Waals surface area contributed by atoms with Crippen LogP contribution in [0.25, 0.3) is 6.08 Å². The third-order valence-electron chi connectivity index (χ3n) is 4.22. The molecule has 0 atom stereocenters. The zero-order valence-electron chi connectivity index (χ0n) is 16.2. The molecule has 0 bridgehead atoms. The van der Waals surface area contributed by atoms with E-state index in [1.807, 2.05) is 6.07 Å². The Labute approximate surface area is 178 Å². The van der Waals surface area contributed by atoms with Gasteiger partial charge in [0.2, 0.25) is 0 Å². The molecule has 1 N–H and O–H groups in total. The van der Waals surface area contributed by atoms with Gasteiger partial charge in [-0.2, -0.15) is 5.26 Å². The fraction of sp³-hybridized carbons (Fsp3) is 0.143. The Morgan fingerprint density at radius 2 is 1.83 bits per heavy atom.